The van der Waals surface area contributed by atoms with E-state index in [9.17, 15) is 20.2 Å². The molecule has 1 aliphatic carbocycles. The summed E-state index contributed by atoms with van der Waals surface area (Å²) in [5.41, 5.74) is 8.94. The largest absolute Gasteiger partial charge is 0.384 e. The van der Waals surface area contributed by atoms with E-state index in [4.69, 9.17) is 17.3 Å². The van der Waals surface area contributed by atoms with Gasteiger partial charge in [-0.15, -0.1) is 0 Å². The number of carbonyl (C=O) groups excluding carboxylic acids is 1. The van der Waals surface area contributed by atoms with Crippen LogP contribution in [0.1, 0.15) is 30.7 Å². The number of non-ortho nitro benzene ring substituents is 1. The number of nitro benzene ring substituents is 1. The summed E-state index contributed by atoms with van der Waals surface area (Å²) in [5.74, 6) is -0.599. The summed E-state index contributed by atoms with van der Waals surface area (Å²) in [6, 6.07) is 15.2. The molecule has 0 aromatic heterocycles. The summed E-state index contributed by atoms with van der Waals surface area (Å²) in [7, 11) is 0. The molecule has 0 radical (unpaired) electrons. The van der Waals surface area contributed by atoms with Gasteiger partial charge in [0.1, 0.15) is 5.82 Å². The Morgan fingerprint density at radius 2 is 1.93 bits per heavy atom. The second-order valence-electron chi connectivity index (χ2n) is 7.14. The van der Waals surface area contributed by atoms with E-state index < -0.39 is 10.8 Å². The van der Waals surface area contributed by atoms with Crippen LogP contribution in [0.2, 0.25) is 5.02 Å². The van der Waals surface area contributed by atoms with Crippen molar-refractivity contribution in [2.75, 3.05) is 4.90 Å². The lowest BCUT2D eigenvalue weighted by atomic mass is 9.75. The molecular formula is C22H17ClN4O3. The number of anilines is 1. The number of nitro groups is 1. The molecule has 0 amide bonds. The molecule has 1 heterocycles. The van der Waals surface area contributed by atoms with E-state index in [2.05, 4.69) is 6.07 Å². The average molecular weight is 421 g/mol. The van der Waals surface area contributed by atoms with E-state index in [1.54, 1.807) is 41.3 Å². The van der Waals surface area contributed by atoms with Crippen molar-refractivity contribution in [1.29, 1.82) is 5.26 Å². The minimum atomic E-state index is -0.735. The molecule has 1 aliphatic heterocycles. The number of ketones is 1. The molecule has 7 nitrogen and oxygen atoms in total. The summed E-state index contributed by atoms with van der Waals surface area (Å²) in [4.78, 5) is 25.5. The van der Waals surface area contributed by atoms with Gasteiger partial charge in [0.05, 0.1) is 22.5 Å². The first kappa shape index (κ1) is 19.7. The Morgan fingerprint density at radius 3 is 2.60 bits per heavy atom. The number of allylic oxidation sites excluding steroid dienone is 3. The molecule has 30 heavy (non-hydrogen) atoms. The van der Waals surface area contributed by atoms with Crippen molar-refractivity contribution in [1.82, 2.24) is 0 Å². The maximum atomic E-state index is 13.0. The fourth-order valence-electron chi connectivity index (χ4n) is 4.12. The Bertz CT molecular complexity index is 1160. The number of nitrogens with zero attached hydrogens (tertiary/aromatic N) is 3. The van der Waals surface area contributed by atoms with E-state index in [0.717, 1.165) is 5.70 Å². The maximum Gasteiger partial charge on any atom is 0.269 e. The van der Waals surface area contributed by atoms with Crippen LogP contribution in [0.5, 0.6) is 0 Å². The molecule has 1 atom stereocenters. The Hall–Kier alpha value is -3.63. The van der Waals surface area contributed by atoms with Gasteiger partial charge in [-0.25, -0.2) is 0 Å². The number of halogens is 1. The zero-order chi connectivity index (χ0) is 21.4. The first-order chi connectivity index (χ1) is 14.4. The molecule has 2 aromatic carbocycles. The molecule has 2 N–H and O–H groups in total. The van der Waals surface area contributed by atoms with Gasteiger partial charge in [-0.05, 0) is 42.7 Å². The van der Waals surface area contributed by atoms with Crippen LogP contribution >= 0.6 is 11.6 Å². The van der Waals surface area contributed by atoms with Gasteiger partial charge < -0.3 is 5.73 Å². The zero-order valence-corrected chi connectivity index (χ0v) is 16.6. The number of hydrogen-bond donors (Lipinski definition) is 1. The van der Waals surface area contributed by atoms with E-state index >= 15 is 0 Å². The van der Waals surface area contributed by atoms with Gasteiger partial charge in [-0.3, -0.25) is 19.8 Å². The monoisotopic (exact) mass is 420 g/mol. The third-order valence-corrected chi connectivity index (χ3v) is 5.66. The van der Waals surface area contributed by atoms with Crippen LogP contribution in [0.3, 0.4) is 0 Å². The average Bonchev–Trinajstić information content (AvgIpc) is 2.74. The van der Waals surface area contributed by atoms with Crippen molar-refractivity contribution >= 4 is 28.8 Å². The third-order valence-electron chi connectivity index (χ3n) is 5.41. The van der Waals surface area contributed by atoms with Gasteiger partial charge >= 0.3 is 0 Å². The molecule has 8 heteroatoms. The summed E-state index contributed by atoms with van der Waals surface area (Å²) >= 11 is 6.01. The highest BCUT2D eigenvalue weighted by Crippen LogP contribution is 2.46. The van der Waals surface area contributed by atoms with E-state index in [-0.39, 0.29) is 22.9 Å². The third kappa shape index (κ3) is 3.21. The minimum absolute atomic E-state index is 0.0769. The van der Waals surface area contributed by atoms with Crippen molar-refractivity contribution in [2.45, 2.75) is 25.2 Å². The lowest BCUT2D eigenvalue weighted by Crippen LogP contribution is -2.38. The van der Waals surface area contributed by atoms with Crippen LogP contribution in [0.25, 0.3) is 0 Å². The van der Waals surface area contributed by atoms with E-state index in [0.29, 0.717) is 41.1 Å². The number of nitriles is 1. The van der Waals surface area contributed by atoms with Gasteiger partial charge in [0, 0.05) is 40.5 Å². The van der Waals surface area contributed by atoms with Crippen LogP contribution < -0.4 is 10.6 Å². The summed E-state index contributed by atoms with van der Waals surface area (Å²) < 4.78 is 0. The van der Waals surface area contributed by atoms with Crippen LogP contribution in [-0.4, -0.2) is 10.7 Å². The molecule has 150 valence electrons. The molecule has 4 rings (SSSR count). The highest BCUT2D eigenvalue weighted by Gasteiger charge is 2.40. The number of nitrogens with two attached hydrogens (primary N) is 1. The van der Waals surface area contributed by atoms with Crippen LogP contribution in [0.4, 0.5) is 11.4 Å². The number of hydrogen-bond acceptors (Lipinski definition) is 6. The number of Topliss-reactive ketones (excluding diaryl/α,β-unsaturated/α-hetero) is 1. The predicted octanol–water partition coefficient (Wildman–Crippen LogP) is 4.55. The molecule has 0 saturated carbocycles. The fraction of sp³-hybridized carbons (Fsp3) is 0.182. The first-order valence-corrected chi connectivity index (χ1v) is 9.76. The van der Waals surface area contributed by atoms with E-state index in [1.807, 2.05) is 0 Å². The first-order valence-electron chi connectivity index (χ1n) is 9.38. The van der Waals surface area contributed by atoms with Gasteiger partial charge in [-0.1, -0.05) is 23.7 Å². The van der Waals surface area contributed by atoms with Crippen LogP contribution in [0, 0.1) is 21.4 Å². The van der Waals surface area contributed by atoms with Crippen LogP contribution in [-0.2, 0) is 4.79 Å². The molecule has 2 aliphatic rings. The van der Waals surface area contributed by atoms with Crippen molar-refractivity contribution in [3.63, 3.8) is 0 Å². The predicted molar refractivity (Wildman–Crippen MR) is 112 cm³/mol. The molecule has 0 unspecified atom stereocenters. The van der Waals surface area contributed by atoms with Gasteiger partial charge in [0.2, 0.25) is 0 Å². The summed E-state index contributed by atoms with van der Waals surface area (Å²) in [6.07, 6.45) is 1.63. The van der Waals surface area contributed by atoms with Gasteiger partial charge in [0.25, 0.3) is 5.69 Å². The number of rotatable bonds is 3. The zero-order valence-electron chi connectivity index (χ0n) is 15.8. The maximum absolute atomic E-state index is 13.0. The molecule has 2 aromatic rings. The smallest absolute Gasteiger partial charge is 0.269 e. The molecular weight excluding hydrogens is 404 g/mol. The summed E-state index contributed by atoms with van der Waals surface area (Å²) in [5, 5.41) is 21.8. The Balaban J connectivity index is 1.96. The Morgan fingerprint density at radius 1 is 1.20 bits per heavy atom. The standard InChI is InChI=1S/C22H17ClN4O3/c23-14-7-9-15(10-8-14)26-18-5-2-6-19(28)21(18)20(17(12-24)22(26)25)13-3-1-4-16(11-13)27(29)30/h1,3-4,7-11,20H,2,5-6,25H2/t20-/m0/s1. The highest BCUT2D eigenvalue weighted by molar-refractivity contribution is 6.30. The Labute approximate surface area is 177 Å². The molecule has 0 spiro atoms. The quantitative estimate of drug-likeness (QED) is 0.575. The lowest BCUT2D eigenvalue weighted by Gasteiger charge is -2.39. The number of benzene rings is 2. The molecule has 0 saturated heterocycles. The topological polar surface area (TPSA) is 113 Å². The van der Waals surface area contributed by atoms with Gasteiger partial charge in [-0.2, -0.15) is 5.26 Å². The van der Waals surface area contributed by atoms with Crippen molar-refractivity contribution in [2.24, 2.45) is 5.73 Å². The SMILES string of the molecule is N#CC1=C(N)N(c2ccc(Cl)cc2)C2=C(C(=O)CCC2)[C@H]1c1cccc([N+](=O)[O-])c1. The second kappa shape index (κ2) is 7.65. The molecule has 0 bridgehead atoms. The van der Waals surface area contributed by atoms with Gasteiger partial charge in [0.15, 0.2) is 5.78 Å². The van der Waals surface area contributed by atoms with Crippen molar-refractivity contribution in [3.05, 3.63) is 91.9 Å². The van der Waals surface area contributed by atoms with Crippen molar-refractivity contribution < 1.29 is 9.72 Å². The normalized spacial score (nSPS) is 18.9. The fourth-order valence-corrected chi connectivity index (χ4v) is 4.25. The van der Waals surface area contributed by atoms with Crippen LogP contribution in [0.15, 0.2) is 71.2 Å². The Kier molecular flexibility index (Phi) is 5.02. The van der Waals surface area contributed by atoms with E-state index in [1.165, 1.54) is 12.1 Å². The summed E-state index contributed by atoms with van der Waals surface area (Å²) in [6.45, 7) is 0. The minimum Gasteiger partial charge on any atom is -0.384 e. The second-order valence-corrected chi connectivity index (χ2v) is 7.58. The lowest BCUT2D eigenvalue weighted by molar-refractivity contribution is -0.384. The highest BCUT2D eigenvalue weighted by atomic mass is 35.5. The number of carbonyl (C=O) groups is 1. The van der Waals surface area contributed by atoms with Crippen molar-refractivity contribution in [3.8, 4) is 6.07 Å². The molecule has 0 fully saturated rings.